The molecule has 10 rings (SSSR count). The lowest BCUT2D eigenvalue weighted by atomic mass is 10.1. The van der Waals surface area contributed by atoms with Gasteiger partial charge in [-0.2, -0.15) is 0 Å². The van der Waals surface area contributed by atoms with Crippen molar-refractivity contribution >= 4 is 52.5 Å². The summed E-state index contributed by atoms with van der Waals surface area (Å²) < 4.78 is 0. The van der Waals surface area contributed by atoms with Crippen LogP contribution < -0.4 is 20.9 Å². The molecule has 2 aliphatic heterocycles. The van der Waals surface area contributed by atoms with Gasteiger partial charge < -0.3 is 20.9 Å². The van der Waals surface area contributed by atoms with Crippen LogP contribution in [0.25, 0.3) is 22.5 Å². The standard InChI is InChI=1S/C19H18ClN7.C10H14N4.C9H5Cl2N3/c20-15-9-23-18(7-14(15)17-10-21-4-5-22-17)27-6-3-16-12(11-27)8-24-19(26-16)25-13-1-2-13;1-2-8(1)13-10-12-6-7-5-11-4-3-9(7)14-10;10-7-4-14-9(11)3-6(7)8-5-12-1-2-13-8/h4-5,7-10,13H,1-3,6,11H2,(H,24,25,26);6,8,11H,1-5H2,(H,12,13,14);1-5H. The number of fused-ring (bicyclic) bond motifs is 2. The molecule has 14 nitrogen and oxygen atoms in total. The number of nitrogens with zero attached hydrogens (tertiary/aromatic N) is 11. The monoisotopic (exact) mass is 794 g/mol. The van der Waals surface area contributed by atoms with Crippen molar-refractivity contribution < 1.29 is 0 Å². The molecule has 6 aromatic heterocycles. The molecule has 0 radical (unpaired) electrons. The molecule has 2 aliphatic carbocycles. The van der Waals surface area contributed by atoms with Crippen molar-refractivity contribution in [1.82, 2.24) is 55.2 Å². The molecule has 3 N–H and O–H groups in total. The Morgan fingerprint density at radius 2 is 1.22 bits per heavy atom. The first kappa shape index (κ1) is 36.8. The summed E-state index contributed by atoms with van der Waals surface area (Å²) in [6.07, 6.45) is 23.7. The summed E-state index contributed by atoms with van der Waals surface area (Å²) in [5.74, 6) is 2.43. The van der Waals surface area contributed by atoms with Gasteiger partial charge in [-0.15, -0.1) is 0 Å². The van der Waals surface area contributed by atoms with E-state index in [0.717, 1.165) is 84.8 Å². The van der Waals surface area contributed by atoms with Gasteiger partial charge in [-0.3, -0.25) is 19.9 Å². The average Bonchev–Trinajstić information content (AvgIpc) is 4.18. The maximum atomic E-state index is 6.34. The van der Waals surface area contributed by atoms with Gasteiger partial charge in [-0.1, -0.05) is 34.8 Å². The van der Waals surface area contributed by atoms with Crippen molar-refractivity contribution in [3.63, 3.8) is 0 Å². The summed E-state index contributed by atoms with van der Waals surface area (Å²) in [6, 6.07) is 4.82. The summed E-state index contributed by atoms with van der Waals surface area (Å²) >= 11 is 18.0. The first-order chi connectivity index (χ1) is 26.9. The topological polar surface area (TPSA) is 168 Å². The summed E-state index contributed by atoms with van der Waals surface area (Å²) in [6.45, 7) is 3.53. The minimum absolute atomic E-state index is 0.384. The quantitative estimate of drug-likeness (QED) is 0.147. The fourth-order valence-corrected chi connectivity index (χ4v) is 6.55. The zero-order chi connectivity index (χ0) is 37.6. The largest absolute Gasteiger partial charge is 0.352 e. The fraction of sp³-hybridized carbons (Fsp3) is 0.316. The molecular weight excluding hydrogens is 759 g/mol. The molecule has 0 aromatic carbocycles. The van der Waals surface area contributed by atoms with E-state index in [1.165, 1.54) is 43.1 Å². The van der Waals surface area contributed by atoms with Crippen molar-refractivity contribution in [1.29, 1.82) is 0 Å². The van der Waals surface area contributed by atoms with Gasteiger partial charge in [-0.05, 0) is 37.8 Å². The predicted octanol–water partition coefficient (Wildman–Crippen LogP) is 6.66. The average molecular weight is 796 g/mol. The van der Waals surface area contributed by atoms with Crippen molar-refractivity contribution in [2.45, 2.75) is 63.7 Å². The van der Waals surface area contributed by atoms with E-state index >= 15 is 0 Å². The molecule has 0 atom stereocenters. The van der Waals surface area contributed by atoms with Crippen LogP contribution >= 0.6 is 34.8 Å². The number of pyridine rings is 2. The second kappa shape index (κ2) is 17.1. The number of rotatable bonds is 7. The number of aromatic nitrogens is 10. The molecule has 0 bridgehead atoms. The van der Waals surface area contributed by atoms with Crippen molar-refractivity contribution in [2.24, 2.45) is 0 Å². The first-order valence-corrected chi connectivity index (χ1v) is 19.3. The van der Waals surface area contributed by atoms with Gasteiger partial charge >= 0.3 is 0 Å². The van der Waals surface area contributed by atoms with E-state index in [1.54, 1.807) is 49.4 Å². The highest BCUT2D eigenvalue weighted by Gasteiger charge is 2.25. The van der Waals surface area contributed by atoms with Gasteiger partial charge in [0, 0.05) is 123 Å². The Hall–Kier alpha value is -5.15. The maximum Gasteiger partial charge on any atom is 0.223 e. The fourth-order valence-electron chi connectivity index (χ4n) is 5.99. The Balaban J connectivity index is 0.000000128. The summed E-state index contributed by atoms with van der Waals surface area (Å²) in [4.78, 5) is 45.1. The molecule has 8 heterocycles. The summed E-state index contributed by atoms with van der Waals surface area (Å²) in [5, 5.41) is 11.5. The Morgan fingerprint density at radius 3 is 1.84 bits per heavy atom. The lowest BCUT2D eigenvalue weighted by Crippen LogP contribution is -2.32. The number of hydrogen-bond donors (Lipinski definition) is 3. The van der Waals surface area contributed by atoms with Crippen LogP contribution in [-0.2, 0) is 25.9 Å². The molecule has 0 spiro atoms. The van der Waals surface area contributed by atoms with Crippen LogP contribution in [0.15, 0.2) is 74.1 Å². The molecular formula is C38H37Cl3N14. The van der Waals surface area contributed by atoms with E-state index in [-0.39, 0.29) is 0 Å². The van der Waals surface area contributed by atoms with Crippen LogP contribution in [0.1, 0.15) is 48.2 Å². The number of nitrogens with one attached hydrogen (secondary N) is 3. The normalized spacial score (nSPS) is 15.7. The van der Waals surface area contributed by atoms with Crippen LogP contribution in [0.4, 0.5) is 17.7 Å². The second-order valence-corrected chi connectivity index (χ2v) is 14.7. The molecule has 6 aromatic rings. The Kier molecular flexibility index (Phi) is 11.5. The third-order valence-corrected chi connectivity index (χ3v) is 10.0. The molecule has 0 saturated heterocycles. The van der Waals surface area contributed by atoms with E-state index in [0.29, 0.717) is 33.0 Å². The van der Waals surface area contributed by atoms with Gasteiger partial charge in [0.05, 0.1) is 45.2 Å². The maximum absolute atomic E-state index is 6.34. The molecule has 0 unspecified atom stereocenters. The van der Waals surface area contributed by atoms with Crippen molar-refractivity contribution in [3.05, 3.63) is 112 Å². The van der Waals surface area contributed by atoms with Gasteiger partial charge in [0.2, 0.25) is 11.9 Å². The van der Waals surface area contributed by atoms with Crippen LogP contribution in [0.2, 0.25) is 15.2 Å². The molecule has 2 saturated carbocycles. The van der Waals surface area contributed by atoms with Crippen LogP contribution in [0.3, 0.4) is 0 Å². The lowest BCUT2D eigenvalue weighted by Gasteiger charge is -2.29. The zero-order valence-corrected chi connectivity index (χ0v) is 32.0. The number of halogens is 3. The Morgan fingerprint density at radius 1 is 0.618 bits per heavy atom. The molecule has 0 amide bonds. The van der Waals surface area contributed by atoms with E-state index < -0.39 is 0 Å². The number of hydrogen-bond acceptors (Lipinski definition) is 14. The van der Waals surface area contributed by atoms with Crippen molar-refractivity contribution in [2.75, 3.05) is 28.6 Å². The Bertz CT molecular complexity index is 2240. The second-order valence-electron chi connectivity index (χ2n) is 13.5. The van der Waals surface area contributed by atoms with Gasteiger partial charge in [-0.25, -0.2) is 29.9 Å². The van der Waals surface area contributed by atoms with E-state index in [1.807, 2.05) is 18.5 Å². The molecule has 55 heavy (non-hydrogen) atoms. The zero-order valence-electron chi connectivity index (χ0n) is 29.7. The minimum Gasteiger partial charge on any atom is -0.352 e. The van der Waals surface area contributed by atoms with Crippen LogP contribution in [-0.4, -0.2) is 75.0 Å². The van der Waals surface area contributed by atoms with Crippen molar-refractivity contribution in [3.8, 4) is 22.5 Å². The highest BCUT2D eigenvalue weighted by atomic mass is 35.5. The number of anilines is 3. The molecule has 2 fully saturated rings. The van der Waals surface area contributed by atoms with Gasteiger partial charge in [0.25, 0.3) is 0 Å². The highest BCUT2D eigenvalue weighted by Crippen LogP contribution is 2.31. The predicted molar refractivity (Wildman–Crippen MR) is 213 cm³/mol. The molecule has 280 valence electrons. The van der Waals surface area contributed by atoms with Crippen LogP contribution in [0, 0.1) is 0 Å². The van der Waals surface area contributed by atoms with Gasteiger partial charge in [0.1, 0.15) is 11.0 Å². The van der Waals surface area contributed by atoms with E-state index in [9.17, 15) is 0 Å². The SMILES string of the molecule is Clc1cc(-c2cnccn2)c(Cl)cn1.Clc1cnc(N2CCc3nc(NC4CC4)ncc3C2)cc1-c1cnccn1.c1nc(NC2CC2)nc2c1CNCC2. The molecule has 4 aliphatic rings. The summed E-state index contributed by atoms with van der Waals surface area (Å²) in [5.41, 5.74) is 7.71. The van der Waals surface area contributed by atoms with E-state index in [2.05, 4.69) is 65.7 Å². The molecule has 17 heteroatoms. The Labute approximate surface area is 333 Å². The van der Waals surface area contributed by atoms with Crippen LogP contribution in [0.5, 0.6) is 0 Å². The third kappa shape index (κ3) is 9.75. The highest BCUT2D eigenvalue weighted by molar-refractivity contribution is 6.34. The minimum atomic E-state index is 0.384. The summed E-state index contributed by atoms with van der Waals surface area (Å²) in [7, 11) is 0. The van der Waals surface area contributed by atoms with Gasteiger partial charge in [0.15, 0.2) is 0 Å². The smallest absolute Gasteiger partial charge is 0.223 e. The lowest BCUT2D eigenvalue weighted by molar-refractivity contribution is 0.626. The third-order valence-electron chi connectivity index (χ3n) is 9.23. The first-order valence-electron chi connectivity index (χ1n) is 18.1. The van der Waals surface area contributed by atoms with E-state index in [4.69, 9.17) is 39.8 Å².